The van der Waals surface area contributed by atoms with Gasteiger partial charge in [0.1, 0.15) is 10.8 Å². The molecule has 0 N–H and O–H groups in total. The minimum atomic E-state index is -0.404. The number of aryl methyl sites for hydroxylation is 1. The van der Waals surface area contributed by atoms with E-state index in [9.17, 15) is 4.79 Å². The Balaban J connectivity index is 1.90. The fourth-order valence-corrected chi connectivity index (χ4v) is 3.77. The monoisotopic (exact) mass is 301 g/mol. The largest absolute Gasteiger partial charge is 0.381 e. The summed E-state index contributed by atoms with van der Waals surface area (Å²) < 4.78 is 5.49. The highest BCUT2D eigenvalue weighted by Gasteiger charge is 2.41. The van der Waals surface area contributed by atoms with Crippen molar-refractivity contribution in [2.24, 2.45) is 0 Å². The Morgan fingerprint density at radius 3 is 2.62 bits per heavy atom. The van der Waals surface area contributed by atoms with Crippen LogP contribution in [0, 0.1) is 6.92 Å². The molecular formula is C17H19NO2S. The molecule has 4 heteroatoms. The van der Waals surface area contributed by atoms with Crippen molar-refractivity contribution < 1.29 is 9.53 Å². The van der Waals surface area contributed by atoms with Crippen LogP contribution in [0.2, 0.25) is 0 Å². The fraction of sp³-hybridized carbons (Fsp3) is 0.412. The first-order valence-corrected chi connectivity index (χ1v) is 8.16. The number of hydrogen-bond donors (Lipinski definition) is 0. The number of benzene rings is 1. The standard InChI is InChI=1S/C17H19NO2S/c1-13-12-21-16(18-13)11-15(19)17(7-9-20-10-8-17)14-5-3-2-4-6-14/h2-6,12H,7-11H2,1H3. The molecule has 1 fully saturated rings. The zero-order valence-corrected chi connectivity index (χ0v) is 13.0. The van der Waals surface area contributed by atoms with Crippen LogP contribution in [0.25, 0.3) is 0 Å². The zero-order chi connectivity index (χ0) is 14.7. The van der Waals surface area contributed by atoms with Gasteiger partial charge in [-0.25, -0.2) is 4.98 Å². The normalized spacial score (nSPS) is 17.6. The Bertz CT molecular complexity index is 615. The molecule has 0 radical (unpaired) electrons. The minimum Gasteiger partial charge on any atom is -0.381 e. The molecule has 0 aliphatic carbocycles. The molecule has 0 amide bonds. The van der Waals surface area contributed by atoms with Crippen molar-refractivity contribution >= 4 is 17.1 Å². The molecule has 1 aliphatic heterocycles. The van der Waals surface area contributed by atoms with Crippen LogP contribution < -0.4 is 0 Å². The third kappa shape index (κ3) is 2.92. The molecule has 3 rings (SSSR count). The van der Waals surface area contributed by atoms with Crippen molar-refractivity contribution in [1.82, 2.24) is 4.98 Å². The third-order valence-corrected chi connectivity index (χ3v) is 5.15. The van der Waals surface area contributed by atoms with Crippen molar-refractivity contribution in [2.75, 3.05) is 13.2 Å². The van der Waals surface area contributed by atoms with E-state index in [4.69, 9.17) is 4.74 Å². The second-order valence-corrected chi connectivity index (χ2v) is 6.49. The molecule has 2 heterocycles. The van der Waals surface area contributed by atoms with Crippen molar-refractivity contribution in [3.63, 3.8) is 0 Å². The van der Waals surface area contributed by atoms with Gasteiger partial charge in [0, 0.05) is 24.3 Å². The lowest BCUT2D eigenvalue weighted by molar-refractivity contribution is -0.127. The highest BCUT2D eigenvalue weighted by Crippen LogP contribution is 2.36. The van der Waals surface area contributed by atoms with E-state index in [0.29, 0.717) is 19.6 Å². The molecule has 0 spiro atoms. The lowest BCUT2D eigenvalue weighted by Gasteiger charge is -2.36. The highest BCUT2D eigenvalue weighted by atomic mass is 32.1. The third-order valence-electron chi connectivity index (χ3n) is 4.18. The van der Waals surface area contributed by atoms with Crippen LogP contribution >= 0.6 is 11.3 Å². The Morgan fingerprint density at radius 2 is 2.00 bits per heavy atom. The molecule has 110 valence electrons. The van der Waals surface area contributed by atoms with E-state index in [1.165, 1.54) is 0 Å². The summed E-state index contributed by atoms with van der Waals surface area (Å²) in [6.45, 7) is 3.26. The molecule has 1 aliphatic rings. The summed E-state index contributed by atoms with van der Waals surface area (Å²) in [5, 5.41) is 2.92. The van der Waals surface area contributed by atoms with Gasteiger partial charge in [-0.2, -0.15) is 0 Å². The number of aromatic nitrogens is 1. The molecule has 1 saturated heterocycles. The molecule has 0 saturated carbocycles. The van der Waals surface area contributed by atoms with Crippen LogP contribution in [-0.2, 0) is 21.4 Å². The molecule has 2 aromatic rings. The maximum atomic E-state index is 13.0. The number of nitrogens with zero attached hydrogens (tertiary/aromatic N) is 1. The number of rotatable bonds is 4. The van der Waals surface area contributed by atoms with Gasteiger partial charge in [0.2, 0.25) is 0 Å². The number of ether oxygens (including phenoxy) is 1. The first-order chi connectivity index (χ1) is 10.2. The smallest absolute Gasteiger partial charge is 0.150 e. The average Bonchev–Trinajstić information content (AvgIpc) is 2.94. The Labute approximate surface area is 129 Å². The molecule has 1 aromatic carbocycles. The highest BCUT2D eigenvalue weighted by molar-refractivity contribution is 7.09. The predicted octanol–water partition coefficient (Wildman–Crippen LogP) is 3.31. The maximum Gasteiger partial charge on any atom is 0.150 e. The van der Waals surface area contributed by atoms with Crippen molar-refractivity contribution in [3.8, 4) is 0 Å². The van der Waals surface area contributed by atoms with E-state index in [1.54, 1.807) is 11.3 Å². The maximum absolute atomic E-state index is 13.0. The molecule has 21 heavy (non-hydrogen) atoms. The first-order valence-electron chi connectivity index (χ1n) is 7.28. The second kappa shape index (κ2) is 6.08. The van der Waals surface area contributed by atoms with Crippen molar-refractivity contribution in [2.45, 2.75) is 31.6 Å². The number of thiazole rings is 1. The Kier molecular flexibility index (Phi) is 4.17. The van der Waals surface area contributed by atoms with E-state index in [2.05, 4.69) is 17.1 Å². The van der Waals surface area contributed by atoms with E-state index >= 15 is 0 Å². The van der Waals surface area contributed by atoms with E-state index in [0.717, 1.165) is 29.1 Å². The van der Waals surface area contributed by atoms with Crippen molar-refractivity contribution in [1.29, 1.82) is 0 Å². The Morgan fingerprint density at radius 1 is 1.29 bits per heavy atom. The quantitative estimate of drug-likeness (QED) is 0.869. The van der Waals surface area contributed by atoms with Gasteiger partial charge < -0.3 is 4.74 Å². The summed E-state index contributed by atoms with van der Waals surface area (Å²) in [5.74, 6) is 0.270. The van der Waals surface area contributed by atoms with Crippen LogP contribution in [0.5, 0.6) is 0 Å². The molecule has 3 nitrogen and oxygen atoms in total. The number of hydrogen-bond acceptors (Lipinski definition) is 4. The molecular weight excluding hydrogens is 282 g/mol. The van der Waals surface area contributed by atoms with Gasteiger partial charge in [-0.1, -0.05) is 30.3 Å². The molecule has 0 bridgehead atoms. The van der Waals surface area contributed by atoms with E-state index < -0.39 is 5.41 Å². The molecule has 1 aromatic heterocycles. The summed E-state index contributed by atoms with van der Waals surface area (Å²) in [6, 6.07) is 10.1. The number of carbonyl (C=O) groups excluding carboxylic acids is 1. The van der Waals surface area contributed by atoms with Gasteiger partial charge >= 0.3 is 0 Å². The summed E-state index contributed by atoms with van der Waals surface area (Å²) in [5.41, 5.74) is 1.70. The average molecular weight is 301 g/mol. The van der Waals surface area contributed by atoms with Gasteiger partial charge in [0.25, 0.3) is 0 Å². The van der Waals surface area contributed by atoms with E-state index in [1.807, 2.05) is 30.5 Å². The topological polar surface area (TPSA) is 39.2 Å². The minimum absolute atomic E-state index is 0.270. The number of Topliss-reactive ketones (excluding diaryl/α,β-unsaturated/α-hetero) is 1. The fourth-order valence-electron chi connectivity index (χ4n) is 3.00. The summed E-state index contributed by atoms with van der Waals surface area (Å²) in [7, 11) is 0. The first kappa shape index (κ1) is 14.4. The molecule has 0 atom stereocenters. The van der Waals surface area contributed by atoms with Crippen LogP contribution in [-0.4, -0.2) is 24.0 Å². The summed E-state index contributed by atoms with van der Waals surface area (Å²) in [4.78, 5) is 17.4. The number of ketones is 1. The van der Waals surface area contributed by atoms with Gasteiger partial charge in [0.15, 0.2) is 0 Å². The predicted molar refractivity (Wildman–Crippen MR) is 83.7 cm³/mol. The summed E-state index contributed by atoms with van der Waals surface area (Å²) in [6.07, 6.45) is 1.95. The SMILES string of the molecule is Cc1csc(CC(=O)C2(c3ccccc3)CCOCC2)n1. The zero-order valence-electron chi connectivity index (χ0n) is 12.2. The second-order valence-electron chi connectivity index (χ2n) is 5.54. The molecule has 0 unspecified atom stereocenters. The van der Waals surface area contributed by atoms with Crippen LogP contribution in [0.3, 0.4) is 0 Å². The Hall–Kier alpha value is -1.52. The van der Waals surface area contributed by atoms with Crippen molar-refractivity contribution in [3.05, 3.63) is 52.0 Å². The van der Waals surface area contributed by atoms with Gasteiger partial charge in [-0.3, -0.25) is 4.79 Å². The number of carbonyl (C=O) groups is 1. The lowest BCUT2D eigenvalue weighted by Crippen LogP contribution is -2.42. The van der Waals surface area contributed by atoms with Gasteiger partial charge in [-0.05, 0) is 25.3 Å². The van der Waals surface area contributed by atoms with E-state index in [-0.39, 0.29) is 5.78 Å². The van der Waals surface area contributed by atoms with Crippen LogP contribution in [0.4, 0.5) is 0 Å². The van der Waals surface area contributed by atoms with Gasteiger partial charge in [0.05, 0.1) is 11.8 Å². The van der Waals surface area contributed by atoms with Crippen LogP contribution in [0.15, 0.2) is 35.7 Å². The van der Waals surface area contributed by atoms with Gasteiger partial charge in [-0.15, -0.1) is 11.3 Å². The lowest BCUT2D eigenvalue weighted by atomic mass is 9.70. The summed E-state index contributed by atoms with van der Waals surface area (Å²) >= 11 is 1.57. The van der Waals surface area contributed by atoms with Crippen LogP contribution in [0.1, 0.15) is 29.1 Å².